The maximum atomic E-state index is 12.7. The fourth-order valence-electron chi connectivity index (χ4n) is 3.13. The molecule has 3 rings (SSSR count). The Kier molecular flexibility index (Phi) is 8.14. The molecule has 3 aromatic carbocycles. The Bertz CT molecular complexity index is 1120. The number of amides is 1. The Morgan fingerprint density at radius 1 is 0.938 bits per heavy atom. The third-order valence-corrected chi connectivity index (χ3v) is 6.07. The highest BCUT2D eigenvalue weighted by Gasteiger charge is 2.16. The molecule has 166 valence electrons. The van der Waals surface area contributed by atoms with Crippen LogP contribution in [0.25, 0.3) is 0 Å². The van der Waals surface area contributed by atoms with E-state index in [0.29, 0.717) is 10.9 Å². The van der Waals surface area contributed by atoms with Crippen LogP contribution in [0.3, 0.4) is 0 Å². The summed E-state index contributed by atoms with van der Waals surface area (Å²) in [4.78, 5) is 13.7. The first-order chi connectivity index (χ1) is 15.4. The van der Waals surface area contributed by atoms with Crippen molar-refractivity contribution in [2.24, 2.45) is 0 Å². The predicted molar refractivity (Wildman–Crippen MR) is 139 cm³/mol. The number of aryl methyl sites for hydroxylation is 2. The topological polar surface area (TPSA) is 62.4 Å². The number of hydrogen-bond donors (Lipinski definition) is 3. The van der Waals surface area contributed by atoms with Crippen molar-refractivity contribution in [1.82, 2.24) is 0 Å². The maximum Gasteiger partial charge on any atom is 0.237 e. The third-order valence-electron chi connectivity index (χ3n) is 4.77. The van der Waals surface area contributed by atoms with Crippen LogP contribution in [0.2, 0.25) is 0 Å². The minimum absolute atomic E-state index is 0.0336. The monoisotopic (exact) mass is 465 g/mol. The lowest BCUT2D eigenvalue weighted by Gasteiger charge is -2.15. The van der Waals surface area contributed by atoms with Crippen LogP contribution >= 0.6 is 24.0 Å². The molecule has 0 aliphatic carbocycles. The molecule has 1 atom stereocenters. The summed E-state index contributed by atoms with van der Waals surface area (Å²) in [5.41, 5.74) is 4.69. The standard InChI is InChI=1S/C25H27N3O2S2/c1-16-12-13-21(17(2)14-16)27-24(29)18(3)32-20-9-7-8-19(15-20)26-25(31)28-22-10-5-6-11-23(22)30-4/h5-15,18H,1-4H3,(H,27,29)(H2,26,28,31). The minimum Gasteiger partial charge on any atom is -0.495 e. The molecule has 0 aliphatic rings. The van der Waals surface area contributed by atoms with E-state index < -0.39 is 0 Å². The van der Waals surface area contributed by atoms with E-state index in [0.717, 1.165) is 27.5 Å². The molecule has 1 amide bonds. The van der Waals surface area contributed by atoms with Gasteiger partial charge >= 0.3 is 0 Å². The lowest BCUT2D eigenvalue weighted by molar-refractivity contribution is -0.115. The zero-order valence-electron chi connectivity index (χ0n) is 18.6. The highest BCUT2D eigenvalue weighted by atomic mass is 32.2. The number of nitrogens with one attached hydrogen (secondary N) is 3. The first kappa shape index (κ1) is 23.6. The molecule has 5 nitrogen and oxygen atoms in total. The summed E-state index contributed by atoms with van der Waals surface area (Å²) in [5.74, 6) is 0.679. The summed E-state index contributed by atoms with van der Waals surface area (Å²) in [6, 6.07) is 21.4. The van der Waals surface area contributed by atoms with Crippen LogP contribution in [-0.2, 0) is 4.79 Å². The molecule has 0 heterocycles. The van der Waals surface area contributed by atoms with Crippen molar-refractivity contribution in [3.05, 3.63) is 77.9 Å². The van der Waals surface area contributed by atoms with E-state index in [1.54, 1.807) is 7.11 Å². The molecule has 0 spiro atoms. The van der Waals surface area contributed by atoms with Crippen molar-refractivity contribution in [2.45, 2.75) is 30.9 Å². The molecule has 3 N–H and O–H groups in total. The van der Waals surface area contributed by atoms with Gasteiger partial charge in [0, 0.05) is 16.3 Å². The maximum absolute atomic E-state index is 12.7. The fraction of sp³-hybridized carbons (Fsp3) is 0.200. The average Bonchev–Trinajstić information content (AvgIpc) is 2.76. The van der Waals surface area contributed by atoms with E-state index in [-0.39, 0.29) is 11.2 Å². The summed E-state index contributed by atoms with van der Waals surface area (Å²) >= 11 is 6.94. The molecule has 0 aliphatic heterocycles. The second-order valence-electron chi connectivity index (χ2n) is 7.37. The van der Waals surface area contributed by atoms with Gasteiger partial charge in [-0.25, -0.2) is 0 Å². The van der Waals surface area contributed by atoms with Crippen LogP contribution in [0.1, 0.15) is 18.1 Å². The van der Waals surface area contributed by atoms with Crippen LogP contribution in [0.15, 0.2) is 71.6 Å². The van der Waals surface area contributed by atoms with Crippen LogP contribution in [0.4, 0.5) is 17.1 Å². The quantitative estimate of drug-likeness (QED) is 0.284. The lowest BCUT2D eigenvalue weighted by atomic mass is 10.1. The van der Waals surface area contributed by atoms with E-state index in [9.17, 15) is 4.79 Å². The van der Waals surface area contributed by atoms with Gasteiger partial charge in [0.05, 0.1) is 18.0 Å². The molecule has 1 unspecified atom stereocenters. The zero-order valence-corrected chi connectivity index (χ0v) is 20.2. The number of ether oxygens (including phenoxy) is 1. The Morgan fingerprint density at radius 3 is 2.47 bits per heavy atom. The first-order valence-corrected chi connectivity index (χ1v) is 11.5. The molecule has 32 heavy (non-hydrogen) atoms. The Hall–Kier alpha value is -3.03. The van der Waals surface area contributed by atoms with Gasteiger partial charge in [0.15, 0.2) is 5.11 Å². The summed E-state index contributed by atoms with van der Waals surface area (Å²) in [6.45, 7) is 5.94. The summed E-state index contributed by atoms with van der Waals surface area (Å²) in [7, 11) is 1.62. The van der Waals surface area contributed by atoms with Gasteiger partial charge in [-0.05, 0) is 75.0 Å². The van der Waals surface area contributed by atoms with Crippen molar-refractivity contribution in [1.29, 1.82) is 0 Å². The van der Waals surface area contributed by atoms with Gasteiger partial charge in [-0.1, -0.05) is 35.9 Å². The molecule has 0 bridgehead atoms. The largest absolute Gasteiger partial charge is 0.495 e. The first-order valence-electron chi connectivity index (χ1n) is 10.2. The van der Waals surface area contributed by atoms with E-state index in [2.05, 4.69) is 22.0 Å². The number of carbonyl (C=O) groups excluding carboxylic acids is 1. The number of hydrogen-bond acceptors (Lipinski definition) is 4. The van der Waals surface area contributed by atoms with Crippen molar-refractivity contribution in [2.75, 3.05) is 23.1 Å². The minimum atomic E-state index is -0.260. The van der Waals surface area contributed by atoms with Gasteiger partial charge in [-0.3, -0.25) is 4.79 Å². The third kappa shape index (κ3) is 6.48. The number of para-hydroxylation sites is 2. The lowest BCUT2D eigenvalue weighted by Crippen LogP contribution is -2.23. The van der Waals surface area contributed by atoms with E-state index in [4.69, 9.17) is 17.0 Å². The highest BCUT2D eigenvalue weighted by molar-refractivity contribution is 8.00. The Balaban J connectivity index is 1.60. The molecule has 0 aromatic heterocycles. The Morgan fingerprint density at radius 2 is 1.72 bits per heavy atom. The van der Waals surface area contributed by atoms with Gasteiger partial charge < -0.3 is 20.7 Å². The normalized spacial score (nSPS) is 11.4. The van der Waals surface area contributed by atoms with Crippen molar-refractivity contribution < 1.29 is 9.53 Å². The molecule has 0 fully saturated rings. The summed E-state index contributed by atoms with van der Waals surface area (Å²) in [5, 5.41) is 9.56. The van der Waals surface area contributed by atoms with E-state index in [1.807, 2.05) is 81.4 Å². The predicted octanol–water partition coefficient (Wildman–Crippen LogP) is 6.24. The summed E-state index contributed by atoms with van der Waals surface area (Å²) < 4.78 is 5.35. The smallest absolute Gasteiger partial charge is 0.237 e. The Labute approximate surface area is 199 Å². The zero-order chi connectivity index (χ0) is 23.1. The molecule has 7 heteroatoms. The number of thiocarbonyl (C=S) groups is 1. The molecule has 0 saturated carbocycles. The summed E-state index contributed by atoms with van der Waals surface area (Å²) in [6.07, 6.45) is 0. The van der Waals surface area contributed by atoms with Crippen molar-refractivity contribution in [3.63, 3.8) is 0 Å². The van der Waals surface area contributed by atoms with E-state index in [1.165, 1.54) is 17.3 Å². The second kappa shape index (κ2) is 11.0. The molecule has 0 saturated heterocycles. The van der Waals surface area contributed by atoms with Crippen molar-refractivity contribution >= 4 is 52.1 Å². The molecule has 3 aromatic rings. The number of rotatable bonds is 7. The SMILES string of the molecule is COc1ccccc1NC(=S)Nc1cccc(SC(C)C(=O)Nc2ccc(C)cc2C)c1. The van der Waals surface area contributed by atoms with Gasteiger partial charge in [0.1, 0.15) is 5.75 Å². The van der Waals surface area contributed by atoms with Gasteiger partial charge in [-0.15, -0.1) is 11.8 Å². The van der Waals surface area contributed by atoms with Crippen LogP contribution < -0.4 is 20.7 Å². The highest BCUT2D eigenvalue weighted by Crippen LogP contribution is 2.28. The van der Waals surface area contributed by atoms with Crippen molar-refractivity contribution in [3.8, 4) is 5.75 Å². The number of benzene rings is 3. The molecule has 0 radical (unpaired) electrons. The van der Waals surface area contributed by atoms with Gasteiger partial charge in [0.2, 0.25) is 5.91 Å². The average molecular weight is 466 g/mol. The van der Waals surface area contributed by atoms with Gasteiger partial charge in [0.25, 0.3) is 0 Å². The number of methoxy groups -OCH3 is 1. The molecular formula is C25H27N3O2S2. The number of anilines is 3. The van der Waals surface area contributed by atoms with Gasteiger partial charge in [-0.2, -0.15) is 0 Å². The van der Waals surface area contributed by atoms with Crippen LogP contribution in [0.5, 0.6) is 5.75 Å². The number of thioether (sulfide) groups is 1. The van der Waals surface area contributed by atoms with Crippen LogP contribution in [0, 0.1) is 13.8 Å². The van der Waals surface area contributed by atoms with Crippen LogP contribution in [-0.4, -0.2) is 23.4 Å². The fourth-order valence-corrected chi connectivity index (χ4v) is 4.28. The second-order valence-corrected chi connectivity index (χ2v) is 9.20. The molecular weight excluding hydrogens is 438 g/mol. The number of carbonyl (C=O) groups is 1. The van der Waals surface area contributed by atoms with E-state index >= 15 is 0 Å².